The smallest absolute Gasteiger partial charge is 0.508 e. The van der Waals surface area contributed by atoms with E-state index in [1.807, 2.05) is 0 Å². The first kappa shape index (κ1) is 33.5. The fourth-order valence-corrected chi connectivity index (χ4v) is 8.89. The number of thiocarbonyl (C=S) groups is 1. The molecule has 8 rings (SSSR count). The van der Waals surface area contributed by atoms with Crippen molar-refractivity contribution >= 4 is 56.7 Å². The van der Waals surface area contributed by atoms with Crippen molar-refractivity contribution in [2.24, 2.45) is 0 Å². The molecule has 2 unspecified atom stereocenters. The van der Waals surface area contributed by atoms with Crippen molar-refractivity contribution in [3.05, 3.63) is 47.7 Å². The van der Waals surface area contributed by atoms with E-state index in [1.165, 1.54) is 30.5 Å². The third-order valence-electron chi connectivity index (χ3n) is 10.3. The van der Waals surface area contributed by atoms with Crippen molar-refractivity contribution in [3.63, 3.8) is 0 Å². The van der Waals surface area contributed by atoms with Crippen LogP contribution in [-0.4, -0.2) is 90.8 Å². The van der Waals surface area contributed by atoms with Crippen LogP contribution in [0.2, 0.25) is 0 Å². The van der Waals surface area contributed by atoms with Gasteiger partial charge in [0, 0.05) is 55.3 Å². The number of hydrogen-bond donors (Lipinski definition) is 1. The molecule has 2 aromatic heterocycles. The Kier molecular flexibility index (Phi) is 8.88. The number of alkyl halides is 1. The molecule has 0 aliphatic carbocycles. The third-order valence-corrected chi connectivity index (χ3v) is 10.7. The normalized spacial score (nSPS) is 24.9. The predicted octanol–water partition coefficient (Wildman–Crippen LogP) is 2.25. The van der Waals surface area contributed by atoms with Crippen LogP contribution in [0.4, 0.5) is 19.0 Å². The minimum absolute atomic E-state index is 0. The van der Waals surface area contributed by atoms with Gasteiger partial charge in [-0.3, -0.25) is 9.88 Å². The van der Waals surface area contributed by atoms with Crippen LogP contribution < -0.4 is 39.2 Å². The summed E-state index contributed by atoms with van der Waals surface area (Å²) < 4.78 is 52.9. The molecule has 0 spiro atoms. The number of aromatic hydroxyl groups is 1. The Labute approximate surface area is 308 Å². The van der Waals surface area contributed by atoms with E-state index in [0.29, 0.717) is 47.0 Å². The fraction of sp³-hybridized carbons (Fsp3) is 0.412. The molecule has 8 nitrogen and oxygen atoms in total. The number of hydrogen-bond acceptors (Lipinski definition) is 9. The monoisotopic (exact) mass is 698 g/mol. The molecular weight excluding hydrogens is 669 g/mol. The Morgan fingerprint density at radius 1 is 1.17 bits per heavy atom. The number of pyridine rings is 1. The topological polar surface area (TPSA) is 77.9 Å². The van der Waals surface area contributed by atoms with Gasteiger partial charge in [0.1, 0.15) is 41.4 Å². The molecule has 14 heteroatoms. The molecule has 48 heavy (non-hydrogen) atoms. The summed E-state index contributed by atoms with van der Waals surface area (Å²) in [5.74, 6) is 1.22. The first-order chi connectivity index (χ1) is 22.7. The molecule has 1 N–H and O–H groups in total. The van der Waals surface area contributed by atoms with E-state index in [1.54, 1.807) is 0 Å². The maximum atomic E-state index is 16.9. The van der Waals surface area contributed by atoms with Crippen LogP contribution in [0.3, 0.4) is 0 Å². The summed E-state index contributed by atoms with van der Waals surface area (Å²) in [7, 11) is 0. The summed E-state index contributed by atoms with van der Waals surface area (Å²) in [4.78, 5) is 20.2. The number of halogens is 3. The largest absolute Gasteiger partial charge is 1.00 e. The molecular formula is C34H30F3N6NaO2S2. The number of fused-ring (bicyclic) bond motifs is 5. The number of anilines is 1. The molecule has 4 aliphatic heterocycles. The molecule has 6 heterocycles. The average molecular weight is 699 g/mol. The Hall–Kier alpha value is -2.99. The first-order valence-corrected chi connectivity index (χ1v) is 16.5. The van der Waals surface area contributed by atoms with Crippen molar-refractivity contribution in [2.75, 3.05) is 37.7 Å². The van der Waals surface area contributed by atoms with Gasteiger partial charge in [0.05, 0.1) is 16.5 Å². The van der Waals surface area contributed by atoms with Crippen LogP contribution >= 0.6 is 12.2 Å². The van der Waals surface area contributed by atoms with Gasteiger partial charge in [0.2, 0.25) is 0 Å². The zero-order valence-electron chi connectivity index (χ0n) is 26.3. The summed E-state index contributed by atoms with van der Waals surface area (Å²) in [5, 5.41) is 11.6. The standard InChI is InChI=1S/C34H31F3N6O2S2.Na/c1-2-23-26(36)7-4-18-10-22(44)11-24(27(18)23)29-28(37)30-25(13-38-29)31(41-15-20-5-6-21(16-41)43(20)33(46)47)40-32(39-30)45-17-34-8-3-9-42(34)14-19(35)12-34;/h1,4,7,10-11,13,19-21,44H,3,5-6,8-9,12,14-17H2,(H,46,47);/q;+1/p-1/t19-,20?,21?,34+;/m1./s1. The minimum atomic E-state index is -0.935. The van der Waals surface area contributed by atoms with Gasteiger partial charge in [-0.05, 0) is 55.8 Å². The van der Waals surface area contributed by atoms with Gasteiger partial charge >= 0.3 is 35.6 Å². The second-order valence-corrected chi connectivity index (χ2v) is 14.0. The predicted molar refractivity (Wildman–Crippen MR) is 179 cm³/mol. The maximum Gasteiger partial charge on any atom is 1.00 e. The third kappa shape index (κ3) is 5.45. The van der Waals surface area contributed by atoms with Gasteiger partial charge in [-0.25, -0.2) is 13.2 Å². The molecule has 0 saturated carbocycles. The molecule has 2 aromatic carbocycles. The van der Waals surface area contributed by atoms with Crippen LogP contribution in [0, 0.1) is 24.0 Å². The van der Waals surface area contributed by atoms with E-state index in [-0.39, 0.29) is 87.7 Å². The summed E-state index contributed by atoms with van der Waals surface area (Å²) >= 11 is 10.7. The van der Waals surface area contributed by atoms with Gasteiger partial charge in [-0.2, -0.15) is 9.97 Å². The summed E-state index contributed by atoms with van der Waals surface area (Å²) in [6, 6.07) is 5.58. The number of terminal acetylenes is 1. The van der Waals surface area contributed by atoms with Crippen molar-refractivity contribution < 1.29 is 52.6 Å². The number of piperazine rings is 1. The van der Waals surface area contributed by atoms with E-state index in [2.05, 4.69) is 30.6 Å². The Morgan fingerprint density at radius 3 is 2.67 bits per heavy atom. The average Bonchev–Trinajstić information content (AvgIpc) is 3.66. The Morgan fingerprint density at radius 2 is 1.94 bits per heavy atom. The molecule has 4 saturated heterocycles. The van der Waals surface area contributed by atoms with E-state index >= 15 is 4.39 Å². The van der Waals surface area contributed by atoms with E-state index < -0.39 is 23.3 Å². The minimum Gasteiger partial charge on any atom is -0.508 e. The number of aromatic nitrogens is 3. The maximum absolute atomic E-state index is 16.9. The Balaban J connectivity index is 0.00000364. The summed E-state index contributed by atoms with van der Waals surface area (Å²) in [5.41, 5.74) is -0.605. The van der Waals surface area contributed by atoms with E-state index in [9.17, 15) is 13.9 Å². The van der Waals surface area contributed by atoms with E-state index in [0.717, 1.165) is 32.2 Å². The fourth-order valence-electron chi connectivity index (χ4n) is 8.29. The number of rotatable bonds is 5. The first-order valence-electron chi connectivity index (χ1n) is 15.7. The molecule has 4 aliphatic rings. The van der Waals surface area contributed by atoms with E-state index in [4.69, 9.17) is 41.0 Å². The van der Waals surface area contributed by atoms with Crippen LogP contribution in [0.5, 0.6) is 11.8 Å². The summed E-state index contributed by atoms with van der Waals surface area (Å²) in [6.45, 7) is 2.46. The Bertz CT molecular complexity index is 2000. The molecule has 0 radical (unpaired) electrons. The van der Waals surface area contributed by atoms with Crippen LogP contribution in [0.15, 0.2) is 30.5 Å². The molecule has 242 valence electrons. The molecule has 4 aromatic rings. The molecule has 2 bridgehead atoms. The number of ether oxygens (including phenoxy) is 1. The second kappa shape index (κ2) is 12.7. The zero-order chi connectivity index (χ0) is 32.6. The van der Waals surface area contributed by atoms with Gasteiger partial charge in [-0.1, -0.05) is 16.3 Å². The van der Waals surface area contributed by atoms with Gasteiger partial charge < -0.3 is 44.5 Å². The van der Waals surface area contributed by atoms with Crippen LogP contribution in [0.1, 0.15) is 37.7 Å². The molecule has 4 fully saturated rings. The second-order valence-electron chi connectivity index (χ2n) is 13.0. The van der Waals surface area contributed by atoms with Crippen LogP contribution in [0.25, 0.3) is 32.9 Å². The number of benzene rings is 2. The molecule has 0 amide bonds. The van der Waals surface area contributed by atoms with Gasteiger partial charge in [0.25, 0.3) is 0 Å². The zero-order valence-corrected chi connectivity index (χ0v) is 29.9. The van der Waals surface area contributed by atoms with Crippen molar-refractivity contribution in [2.45, 2.75) is 55.9 Å². The SMILES string of the molecule is C#Cc1c(F)ccc2cc(O)cc(-c3ncc4c(N5CC6CCC(C5)N6C(=S)[S-])nc(OC[C@@]56CCCN5C[C@H](F)C6)nc4c3F)c12.[Na+]. The number of phenols is 1. The van der Waals surface area contributed by atoms with Crippen molar-refractivity contribution in [1.82, 2.24) is 24.8 Å². The van der Waals surface area contributed by atoms with Crippen molar-refractivity contribution in [3.8, 4) is 35.4 Å². The van der Waals surface area contributed by atoms with Crippen molar-refractivity contribution in [1.29, 1.82) is 0 Å². The van der Waals surface area contributed by atoms with Gasteiger partial charge in [-0.15, -0.1) is 6.42 Å². The van der Waals surface area contributed by atoms with Crippen LogP contribution in [-0.2, 0) is 12.6 Å². The number of phenolic OH excluding ortho intramolecular Hbond substituents is 1. The quantitative estimate of drug-likeness (QED) is 0.145. The number of nitrogens with zero attached hydrogens (tertiary/aromatic N) is 6. The molecule has 4 atom stereocenters. The van der Waals surface area contributed by atoms with Gasteiger partial charge in [0.15, 0.2) is 5.82 Å². The summed E-state index contributed by atoms with van der Waals surface area (Å²) in [6.07, 6.45) is 10.2.